The number of hydrogen-bond donors (Lipinski definition) is 0. The Morgan fingerprint density at radius 1 is 0.361 bits per heavy atom. The fourth-order valence-corrected chi connectivity index (χ4v) is 10.2. The summed E-state index contributed by atoms with van der Waals surface area (Å²) in [7, 11) is 0. The highest BCUT2D eigenvalue weighted by atomic mass is 16.3. The predicted octanol–water partition coefficient (Wildman–Crippen LogP) is 16.5. The SMILES string of the molecule is CC1(C)c2ccccc2-c2ccc(N(c3ccc(-c4cccc5c4oc4ccccc45)cc3)c3cccc4oc5cc6c(cc5c34)oc3c(-c4ccccc4)cccc36)cc21. The summed E-state index contributed by atoms with van der Waals surface area (Å²) < 4.78 is 20.0. The number of benzene rings is 9. The van der Waals surface area contributed by atoms with Gasteiger partial charge >= 0.3 is 0 Å². The van der Waals surface area contributed by atoms with Crippen LogP contribution in [0, 0.1) is 0 Å². The Bertz CT molecular complexity index is 3730. The maximum atomic E-state index is 6.78. The molecule has 0 saturated heterocycles. The van der Waals surface area contributed by atoms with E-state index in [0.29, 0.717) is 0 Å². The van der Waals surface area contributed by atoms with Crippen LogP contribution in [-0.4, -0.2) is 0 Å². The van der Waals surface area contributed by atoms with Crippen molar-refractivity contribution in [1.29, 1.82) is 0 Å². The molecule has 0 aliphatic heterocycles. The summed E-state index contributed by atoms with van der Waals surface area (Å²) in [4.78, 5) is 2.39. The second-order valence-electron chi connectivity index (χ2n) is 16.8. The number of para-hydroxylation sites is 3. The van der Waals surface area contributed by atoms with Crippen LogP contribution in [0.5, 0.6) is 0 Å². The molecule has 288 valence electrons. The first-order chi connectivity index (χ1) is 30.0. The Hall–Kier alpha value is -7.82. The van der Waals surface area contributed by atoms with Crippen LogP contribution >= 0.6 is 0 Å². The molecule has 3 aromatic heterocycles. The number of anilines is 3. The first-order valence-corrected chi connectivity index (χ1v) is 20.9. The molecule has 1 aliphatic carbocycles. The van der Waals surface area contributed by atoms with E-state index in [1.54, 1.807) is 0 Å². The molecule has 0 N–H and O–H groups in total. The average Bonchev–Trinajstić information content (AvgIpc) is 4.04. The van der Waals surface area contributed by atoms with Gasteiger partial charge in [-0.25, -0.2) is 0 Å². The van der Waals surface area contributed by atoms with E-state index in [9.17, 15) is 0 Å². The van der Waals surface area contributed by atoms with Gasteiger partial charge in [0, 0.05) is 54.8 Å². The number of nitrogens with zero attached hydrogens (tertiary/aromatic N) is 1. The van der Waals surface area contributed by atoms with Gasteiger partial charge in [-0.05, 0) is 88.0 Å². The zero-order chi connectivity index (χ0) is 40.4. The molecule has 0 radical (unpaired) electrons. The Morgan fingerprint density at radius 2 is 0.934 bits per heavy atom. The lowest BCUT2D eigenvalue weighted by atomic mass is 9.82. The van der Waals surface area contributed by atoms with Gasteiger partial charge in [0.15, 0.2) is 0 Å². The second-order valence-corrected chi connectivity index (χ2v) is 16.8. The van der Waals surface area contributed by atoms with Crippen molar-refractivity contribution in [2.45, 2.75) is 19.3 Å². The molecule has 4 heteroatoms. The quantitative estimate of drug-likeness (QED) is 0.174. The highest BCUT2D eigenvalue weighted by Gasteiger charge is 2.36. The molecule has 0 unspecified atom stereocenters. The van der Waals surface area contributed by atoms with Gasteiger partial charge in [-0.1, -0.05) is 147 Å². The summed E-state index contributed by atoms with van der Waals surface area (Å²) in [6.45, 7) is 4.68. The summed E-state index contributed by atoms with van der Waals surface area (Å²) in [5.41, 5.74) is 17.7. The standard InChI is InChI=1S/C57H37NO3/c1-57(2)47-21-8-6-15-40(47)41-30-29-37(31-48(41)57)58(36-27-25-35(26-28-36)39-18-10-19-43-42-16-7-9-23-50(42)60-55(39)43)49-22-12-24-51-54(49)46-33-52-45(32-53(46)59-51)44-20-11-17-38(56(44)61-52)34-13-4-3-5-14-34/h3-33H,1-2H3. The van der Waals surface area contributed by atoms with E-state index in [1.807, 2.05) is 18.2 Å². The number of rotatable bonds is 5. The number of fused-ring (bicyclic) bond motifs is 12. The lowest BCUT2D eigenvalue weighted by Crippen LogP contribution is -2.16. The van der Waals surface area contributed by atoms with Gasteiger partial charge in [0.2, 0.25) is 0 Å². The topological polar surface area (TPSA) is 42.7 Å². The molecule has 61 heavy (non-hydrogen) atoms. The van der Waals surface area contributed by atoms with Crippen molar-refractivity contribution in [3.05, 3.63) is 199 Å². The maximum Gasteiger partial charge on any atom is 0.143 e. The summed E-state index contributed by atoms with van der Waals surface area (Å²) in [5.74, 6) is 0. The van der Waals surface area contributed by atoms with Gasteiger partial charge < -0.3 is 18.2 Å². The Kier molecular flexibility index (Phi) is 7.04. The fourth-order valence-electron chi connectivity index (χ4n) is 10.2. The largest absolute Gasteiger partial charge is 0.456 e. The summed E-state index contributed by atoms with van der Waals surface area (Å²) >= 11 is 0. The van der Waals surface area contributed by atoms with Crippen LogP contribution in [0.25, 0.3) is 99.2 Å². The molecule has 0 bridgehead atoms. The van der Waals surface area contributed by atoms with Crippen molar-refractivity contribution in [3.63, 3.8) is 0 Å². The van der Waals surface area contributed by atoms with E-state index in [1.165, 1.54) is 22.3 Å². The van der Waals surface area contributed by atoms with Gasteiger partial charge in [-0.2, -0.15) is 0 Å². The molecule has 0 saturated carbocycles. The van der Waals surface area contributed by atoms with Crippen LogP contribution in [0.3, 0.4) is 0 Å². The third kappa shape index (κ3) is 4.93. The zero-order valence-electron chi connectivity index (χ0n) is 33.6. The van der Waals surface area contributed by atoms with E-state index >= 15 is 0 Å². The van der Waals surface area contributed by atoms with Crippen molar-refractivity contribution < 1.29 is 13.3 Å². The highest BCUT2D eigenvalue weighted by Crippen LogP contribution is 2.52. The van der Waals surface area contributed by atoms with Gasteiger partial charge in [0.25, 0.3) is 0 Å². The Balaban J connectivity index is 1.02. The summed E-state index contributed by atoms with van der Waals surface area (Å²) in [6, 6.07) is 66.9. The van der Waals surface area contributed by atoms with Crippen molar-refractivity contribution >= 4 is 82.9 Å². The molecular weight excluding hydrogens is 747 g/mol. The predicted molar refractivity (Wildman–Crippen MR) is 251 cm³/mol. The monoisotopic (exact) mass is 783 g/mol. The molecule has 0 amide bonds. The van der Waals surface area contributed by atoms with Crippen molar-refractivity contribution in [2.24, 2.45) is 0 Å². The van der Waals surface area contributed by atoms with Crippen LogP contribution in [0.1, 0.15) is 25.0 Å². The molecule has 0 spiro atoms. The smallest absolute Gasteiger partial charge is 0.143 e. The molecule has 3 heterocycles. The van der Waals surface area contributed by atoms with Gasteiger partial charge in [0.1, 0.15) is 33.5 Å². The van der Waals surface area contributed by atoms with Gasteiger partial charge in [-0.3, -0.25) is 0 Å². The Labute approximate surface area is 351 Å². The molecule has 12 aromatic rings. The summed E-state index contributed by atoms with van der Waals surface area (Å²) in [6.07, 6.45) is 0. The first kappa shape index (κ1) is 34.1. The van der Waals surface area contributed by atoms with Gasteiger partial charge in [-0.15, -0.1) is 0 Å². The molecule has 13 rings (SSSR count). The minimum Gasteiger partial charge on any atom is -0.456 e. The summed E-state index contributed by atoms with van der Waals surface area (Å²) in [5, 5.41) is 6.39. The lowest BCUT2D eigenvalue weighted by Gasteiger charge is -2.28. The fraction of sp³-hybridized carbons (Fsp3) is 0.0526. The van der Waals surface area contributed by atoms with Crippen LogP contribution < -0.4 is 4.90 Å². The van der Waals surface area contributed by atoms with Crippen LogP contribution in [0.15, 0.2) is 201 Å². The van der Waals surface area contributed by atoms with Crippen LogP contribution in [0.2, 0.25) is 0 Å². The van der Waals surface area contributed by atoms with E-state index in [0.717, 1.165) is 105 Å². The molecule has 1 aliphatic rings. The van der Waals surface area contributed by atoms with Crippen molar-refractivity contribution in [3.8, 4) is 33.4 Å². The van der Waals surface area contributed by atoms with Crippen molar-refractivity contribution in [2.75, 3.05) is 4.90 Å². The molecule has 4 nitrogen and oxygen atoms in total. The number of hydrogen-bond acceptors (Lipinski definition) is 4. The maximum absolute atomic E-state index is 6.78. The van der Waals surface area contributed by atoms with E-state index in [4.69, 9.17) is 13.3 Å². The second kappa shape index (κ2) is 12.6. The lowest BCUT2D eigenvalue weighted by molar-refractivity contribution is 0.660. The molecule has 9 aromatic carbocycles. The van der Waals surface area contributed by atoms with Gasteiger partial charge in [0.05, 0.1) is 11.1 Å². The zero-order valence-corrected chi connectivity index (χ0v) is 33.6. The third-order valence-corrected chi connectivity index (χ3v) is 13.1. The molecule has 0 atom stereocenters. The minimum atomic E-state index is -0.164. The van der Waals surface area contributed by atoms with E-state index < -0.39 is 0 Å². The van der Waals surface area contributed by atoms with E-state index in [2.05, 4.69) is 189 Å². The van der Waals surface area contributed by atoms with E-state index in [-0.39, 0.29) is 5.41 Å². The molecule has 0 fully saturated rings. The van der Waals surface area contributed by atoms with Crippen LogP contribution in [-0.2, 0) is 5.41 Å². The first-order valence-electron chi connectivity index (χ1n) is 20.9. The molecular formula is C57H37NO3. The highest BCUT2D eigenvalue weighted by molar-refractivity contribution is 6.20. The number of furan rings is 3. The third-order valence-electron chi connectivity index (χ3n) is 13.1. The minimum absolute atomic E-state index is 0.164. The van der Waals surface area contributed by atoms with Crippen molar-refractivity contribution in [1.82, 2.24) is 0 Å². The normalized spacial score (nSPS) is 13.2. The van der Waals surface area contributed by atoms with Crippen LogP contribution in [0.4, 0.5) is 17.1 Å². The average molecular weight is 784 g/mol. The Morgan fingerprint density at radius 3 is 1.75 bits per heavy atom.